The third-order valence-electron chi connectivity index (χ3n) is 6.71. The molecule has 0 saturated heterocycles. The third kappa shape index (κ3) is 4.59. The van der Waals surface area contributed by atoms with E-state index in [1.54, 1.807) is 0 Å². The van der Waals surface area contributed by atoms with Crippen LogP contribution in [0.5, 0.6) is 0 Å². The van der Waals surface area contributed by atoms with E-state index in [-0.39, 0.29) is 23.9 Å². The quantitative estimate of drug-likeness (QED) is 0.268. The second-order valence-electron chi connectivity index (χ2n) is 9.22. The number of para-hydroxylation sites is 2. The van der Waals surface area contributed by atoms with Crippen molar-refractivity contribution in [3.05, 3.63) is 130 Å². The van der Waals surface area contributed by atoms with E-state index < -0.39 is 0 Å². The van der Waals surface area contributed by atoms with Crippen molar-refractivity contribution in [3.63, 3.8) is 0 Å². The number of benzene rings is 4. The fourth-order valence-electron chi connectivity index (χ4n) is 4.96. The number of anilines is 2. The zero-order valence-corrected chi connectivity index (χ0v) is 21.9. The van der Waals surface area contributed by atoms with Crippen molar-refractivity contribution in [1.82, 2.24) is 0 Å². The predicted molar refractivity (Wildman–Crippen MR) is 149 cm³/mol. The molecule has 1 heterocycles. The highest BCUT2D eigenvalue weighted by atomic mass is 79.9. The highest BCUT2D eigenvalue weighted by molar-refractivity contribution is 9.10. The number of carbonyl (C=O) groups is 2. The molecular formula is C31H27BrN2O2. The molecule has 1 aliphatic rings. The number of hydrogen-bond donors (Lipinski definition) is 0. The van der Waals surface area contributed by atoms with Crippen LogP contribution in [0.3, 0.4) is 0 Å². The van der Waals surface area contributed by atoms with Gasteiger partial charge < -0.3 is 9.80 Å². The molecule has 2 amide bonds. The number of amides is 2. The molecule has 36 heavy (non-hydrogen) atoms. The minimum atomic E-state index is -0.229. The van der Waals surface area contributed by atoms with Gasteiger partial charge in [0.25, 0.3) is 11.8 Å². The van der Waals surface area contributed by atoms with Gasteiger partial charge >= 0.3 is 0 Å². The van der Waals surface area contributed by atoms with Crippen molar-refractivity contribution >= 4 is 39.1 Å². The second-order valence-corrected chi connectivity index (χ2v) is 10.1. The van der Waals surface area contributed by atoms with E-state index in [0.717, 1.165) is 27.0 Å². The van der Waals surface area contributed by atoms with Crippen LogP contribution in [0.2, 0.25) is 0 Å². The zero-order valence-electron chi connectivity index (χ0n) is 20.3. The van der Waals surface area contributed by atoms with Gasteiger partial charge in [-0.3, -0.25) is 9.59 Å². The Hall–Kier alpha value is -3.70. The average molecular weight is 539 g/mol. The van der Waals surface area contributed by atoms with E-state index in [4.69, 9.17) is 0 Å². The summed E-state index contributed by atoms with van der Waals surface area (Å²) in [5.41, 5.74) is 5.01. The maximum absolute atomic E-state index is 14.0. The van der Waals surface area contributed by atoms with Crippen LogP contribution in [-0.4, -0.2) is 17.9 Å². The van der Waals surface area contributed by atoms with E-state index in [2.05, 4.69) is 22.9 Å². The number of nitrogens with zero attached hydrogens (tertiary/aromatic N) is 2. The van der Waals surface area contributed by atoms with Gasteiger partial charge in [-0.2, -0.15) is 0 Å². The Labute approximate surface area is 220 Å². The second kappa shape index (κ2) is 10.1. The molecule has 4 nitrogen and oxygen atoms in total. The number of fused-ring (bicyclic) bond motifs is 1. The van der Waals surface area contributed by atoms with Crippen molar-refractivity contribution in [3.8, 4) is 0 Å². The Morgan fingerprint density at radius 3 is 2.25 bits per heavy atom. The van der Waals surface area contributed by atoms with Gasteiger partial charge in [-0.05, 0) is 74.4 Å². The minimum absolute atomic E-state index is 0.0297. The first-order valence-corrected chi connectivity index (χ1v) is 12.9. The van der Waals surface area contributed by atoms with Crippen LogP contribution >= 0.6 is 15.9 Å². The van der Waals surface area contributed by atoms with Gasteiger partial charge in [0.2, 0.25) is 0 Å². The van der Waals surface area contributed by atoms with E-state index in [9.17, 15) is 9.59 Å². The summed E-state index contributed by atoms with van der Waals surface area (Å²) in [5.74, 6) is -0.106. The van der Waals surface area contributed by atoms with Gasteiger partial charge in [-0.25, -0.2) is 0 Å². The lowest BCUT2D eigenvalue weighted by Crippen LogP contribution is -2.47. The summed E-state index contributed by atoms with van der Waals surface area (Å²) in [5, 5.41) is 0. The van der Waals surface area contributed by atoms with E-state index in [1.165, 1.54) is 0 Å². The molecule has 0 N–H and O–H groups in total. The highest BCUT2D eigenvalue weighted by Gasteiger charge is 2.39. The molecular weight excluding hydrogens is 512 g/mol. The Morgan fingerprint density at radius 2 is 1.53 bits per heavy atom. The molecule has 0 radical (unpaired) electrons. The summed E-state index contributed by atoms with van der Waals surface area (Å²) in [4.78, 5) is 31.4. The van der Waals surface area contributed by atoms with Crippen molar-refractivity contribution in [2.75, 3.05) is 9.80 Å². The molecule has 2 atom stereocenters. The summed E-state index contributed by atoms with van der Waals surface area (Å²) in [6, 6.07) is 32.5. The first-order chi connectivity index (χ1) is 17.4. The molecule has 5 rings (SSSR count). The van der Waals surface area contributed by atoms with Crippen LogP contribution in [0.25, 0.3) is 0 Å². The van der Waals surface area contributed by atoms with Gasteiger partial charge in [0, 0.05) is 33.0 Å². The first-order valence-electron chi connectivity index (χ1n) is 12.1. The fraction of sp³-hybridized carbons (Fsp3) is 0.161. The first kappa shape index (κ1) is 24.0. The monoisotopic (exact) mass is 538 g/mol. The van der Waals surface area contributed by atoms with Crippen LogP contribution in [0.1, 0.15) is 51.2 Å². The lowest BCUT2D eigenvalue weighted by Gasteiger charge is -2.43. The third-order valence-corrected chi connectivity index (χ3v) is 7.21. The van der Waals surface area contributed by atoms with Gasteiger partial charge in [-0.15, -0.1) is 0 Å². The number of rotatable bonds is 4. The summed E-state index contributed by atoms with van der Waals surface area (Å²) < 4.78 is 0.855. The van der Waals surface area contributed by atoms with E-state index in [1.807, 2.05) is 120 Å². The smallest absolute Gasteiger partial charge is 0.258 e. The lowest BCUT2D eigenvalue weighted by molar-refractivity contribution is 0.0965. The number of hydrogen-bond acceptors (Lipinski definition) is 2. The standard InChI is InChI=1S/C31H27BrN2O2/c1-21-15-17-23(18-16-21)30(35)33-22(2)19-29(27-13-6-7-14-28(27)33)34(26-11-4-3-5-12-26)31(36)24-9-8-10-25(32)20-24/h3-18,20,22,29H,19H2,1-2H3/t22-,29-/m0/s1. The molecule has 180 valence electrons. The van der Waals surface area contributed by atoms with Crippen LogP contribution in [-0.2, 0) is 0 Å². The molecule has 0 saturated carbocycles. The van der Waals surface area contributed by atoms with Gasteiger partial charge in [-0.1, -0.05) is 76.1 Å². The fourth-order valence-corrected chi connectivity index (χ4v) is 5.36. The molecule has 0 aliphatic carbocycles. The van der Waals surface area contributed by atoms with Crippen LogP contribution in [0.4, 0.5) is 11.4 Å². The minimum Gasteiger partial charge on any atom is -0.305 e. The summed E-state index contributed by atoms with van der Waals surface area (Å²) >= 11 is 3.50. The normalized spacial score (nSPS) is 16.8. The predicted octanol–water partition coefficient (Wildman–Crippen LogP) is 7.58. The van der Waals surface area contributed by atoms with Crippen LogP contribution in [0.15, 0.2) is 108 Å². The molecule has 0 unspecified atom stereocenters. The Balaban J connectivity index is 1.60. The number of halogens is 1. The van der Waals surface area contributed by atoms with E-state index >= 15 is 0 Å². The SMILES string of the molecule is Cc1ccc(C(=O)N2c3ccccc3[C@@H](N(C(=O)c3cccc(Br)c3)c3ccccc3)C[C@@H]2C)cc1. The van der Waals surface area contributed by atoms with Crippen molar-refractivity contribution < 1.29 is 9.59 Å². The van der Waals surface area contributed by atoms with Crippen molar-refractivity contribution in [2.45, 2.75) is 32.4 Å². The van der Waals surface area contributed by atoms with Crippen LogP contribution in [0, 0.1) is 6.92 Å². The molecule has 1 aliphatic heterocycles. The average Bonchev–Trinajstić information content (AvgIpc) is 2.89. The highest BCUT2D eigenvalue weighted by Crippen LogP contribution is 2.43. The Morgan fingerprint density at radius 1 is 0.833 bits per heavy atom. The summed E-state index contributed by atoms with van der Waals surface area (Å²) in [6.07, 6.45) is 0.614. The molecule has 0 fully saturated rings. The van der Waals surface area contributed by atoms with Gasteiger partial charge in [0.15, 0.2) is 0 Å². The zero-order chi connectivity index (χ0) is 25.2. The van der Waals surface area contributed by atoms with E-state index in [0.29, 0.717) is 17.5 Å². The van der Waals surface area contributed by atoms with Crippen molar-refractivity contribution in [1.29, 1.82) is 0 Å². The largest absolute Gasteiger partial charge is 0.305 e. The molecule has 5 heteroatoms. The maximum atomic E-state index is 14.0. The van der Waals surface area contributed by atoms with Crippen molar-refractivity contribution in [2.24, 2.45) is 0 Å². The molecule has 4 aromatic carbocycles. The van der Waals surface area contributed by atoms with Gasteiger partial charge in [0.05, 0.1) is 6.04 Å². The molecule has 0 aromatic heterocycles. The maximum Gasteiger partial charge on any atom is 0.258 e. The summed E-state index contributed by atoms with van der Waals surface area (Å²) in [7, 11) is 0. The Bertz CT molecular complexity index is 1400. The van der Waals surface area contributed by atoms with Crippen LogP contribution < -0.4 is 9.80 Å². The number of aryl methyl sites for hydroxylation is 1. The molecule has 0 spiro atoms. The summed E-state index contributed by atoms with van der Waals surface area (Å²) in [6.45, 7) is 4.07. The lowest BCUT2D eigenvalue weighted by atomic mass is 9.89. The molecule has 4 aromatic rings. The number of carbonyl (C=O) groups excluding carboxylic acids is 2. The Kier molecular flexibility index (Phi) is 6.75. The molecule has 0 bridgehead atoms. The topological polar surface area (TPSA) is 40.6 Å². The van der Waals surface area contributed by atoms with Gasteiger partial charge in [0.1, 0.15) is 0 Å².